The first-order valence-electron chi connectivity index (χ1n) is 6.07. The van der Waals surface area contributed by atoms with Crippen LogP contribution in [0.1, 0.15) is 22.1 Å². The van der Waals surface area contributed by atoms with Crippen LogP contribution in [-0.4, -0.2) is 50.0 Å². The van der Waals surface area contributed by atoms with Crippen molar-refractivity contribution in [1.29, 1.82) is 0 Å². The molecule has 0 atom stereocenters. The molecule has 1 N–H and O–H groups in total. The molecule has 20 heavy (non-hydrogen) atoms. The van der Waals surface area contributed by atoms with Gasteiger partial charge < -0.3 is 10.0 Å². The van der Waals surface area contributed by atoms with E-state index < -0.39 is 5.97 Å². The Morgan fingerprint density at radius 2 is 2.25 bits per heavy atom. The molecule has 1 saturated heterocycles. The average molecular weight is 292 g/mol. The van der Waals surface area contributed by atoms with E-state index in [1.807, 2.05) is 16.8 Å². The monoisotopic (exact) mass is 292 g/mol. The quantitative estimate of drug-likeness (QED) is 0.894. The Labute approximate surface area is 118 Å². The summed E-state index contributed by atoms with van der Waals surface area (Å²) < 4.78 is 1.51. The van der Waals surface area contributed by atoms with E-state index in [9.17, 15) is 9.59 Å². The molecule has 0 radical (unpaired) electrons. The van der Waals surface area contributed by atoms with Gasteiger partial charge in [0.25, 0.3) is 0 Å². The number of likely N-dealkylation sites (tertiary alicyclic amines) is 1. The van der Waals surface area contributed by atoms with Gasteiger partial charge in [0.05, 0.1) is 18.7 Å². The Morgan fingerprint density at radius 3 is 2.85 bits per heavy atom. The molecule has 7 nitrogen and oxygen atoms in total. The lowest BCUT2D eigenvalue weighted by Crippen LogP contribution is -2.51. The number of aromatic nitrogens is 3. The third-order valence-electron chi connectivity index (χ3n) is 3.25. The standard InChI is InChI=1S/C12H12N4O3S/c17-11(3-8-1-2-20-7-8)15-4-9(5-15)16-6-10(12(18)19)13-14-16/h1-2,6-7,9H,3-5H2,(H,18,19). The molecule has 0 saturated carbocycles. The van der Waals surface area contributed by atoms with Gasteiger partial charge in [-0.25, -0.2) is 9.48 Å². The molecule has 1 fully saturated rings. The van der Waals surface area contributed by atoms with Crippen LogP contribution in [0.15, 0.2) is 23.0 Å². The van der Waals surface area contributed by atoms with Crippen LogP contribution in [0, 0.1) is 0 Å². The molecule has 1 aliphatic heterocycles. The maximum atomic E-state index is 12.0. The van der Waals surface area contributed by atoms with Gasteiger partial charge in [-0.05, 0) is 22.4 Å². The number of carbonyl (C=O) groups is 2. The smallest absolute Gasteiger partial charge is 0.358 e. The predicted octanol–water partition coefficient (Wildman–Crippen LogP) is 0.664. The van der Waals surface area contributed by atoms with Crippen molar-refractivity contribution >= 4 is 23.2 Å². The van der Waals surface area contributed by atoms with Crippen molar-refractivity contribution in [3.63, 3.8) is 0 Å². The maximum absolute atomic E-state index is 12.0. The molecule has 104 valence electrons. The van der Waals surface area contributed by atoms with Gasteiger partial charge in [-0.1, -0.05) is 5.21 Å². The van der Waals surface area contributed by atoms with E-state index in [0.717, 1.165) is 5.56 Å². The molecule has 0 aromatic carbocycles. The SMILES string of the molecule is O=C(O)c1cn(C2CN(C(=O)Cc3ccsc3)C2)nn1. The maximum Gasteiger partial charge on any atom is 0.358 e. The molecule has 2 aromatic rings. The van der Waals surface area contributed by atoms with Crippen molar-refractivity contribution < 1.29 is 14.7 Å². The second-order valence-electron chi connectivity index (χ2n) is 4.65. The summed E-state index contributed by atoms with van der Waals surface area (Å²) in [5, 5.41) is 20.0. The molecule has 0 bridgehead atoms. The summed E-state index contributed by atoms with van der Waals surface area (Å²) in [7, 11) is 0. The van der Waals surface area contributed by atoms with E-state index in [0.29, 0.717) is 19.5 Å². The molecule has 0 aliphatic carbocycles. The van der Waals surface area contributed by atoms with Crippen LogP contribution in [0.3, 0.4) is 0 Å². The van der Waals surface area contributed by atoms with E-state index >= 15 is 0 Å². The van der Waals surface area contributed by atoms with Gasteiger partial charge in [0.1, 0.15) is 0 Å². The van der Waals surface area contributed by atoms with Crippen LogP contribution in [0.2, 0.25) is 0 Å². The van der Waals surface area contributed by atoms with Gasteiger partial charge in [0.15, 0.2) is 5.69 Å². The van der Waals surface area contributed by atoms with Gasteiger partial charge in [0.2, 0.25) is 5.91 Å². The zero-order valence-electron chi connectivity index (χ0n) is 10.5. The van der Waals surface area contributed by atoms with Crippen molar-refractivity contribution in [2.75, 3.05) is 13.1 Å². The van der Waals surface area contributed by atoms with Crippen molar-refractivity contribution in [2.24, 2.45) is 0 Å². The van der Waals surface area contributed by atoms with Gasteiger partial charge in [0, 0.05) is 13.1 Å². The number of nitrogens with zero attached hydrogens (tertiary/aromatic N) is 4. The first-order valence-corrected chi connectivity index (χ1v) is 7.02. The number of carboxylic acid groups (broad SMARTS) is 1. The van der Waals surface area contributed by atoms with Gasteiger partial charge in [-0.2, -0.15) is 11.3 Å². The molecule has 8 heteroatoms. The lowest BCUT2D eigenvalue weighted by atomic mass is 10.1. The van der Waals surface area contributed by atoms with Crippen LogP contribution < -0.4 is 0 Å². The topological polar surface area (TPSA) is 88.3 Å². The van der Waals surface area contributed by atoms with Crippen molar-refractivity contribution in [1.82, 2.24) is 19.9 Å². The largest absolute Gasteiger partial charge is 0.476 e. The first kappa shape index (κ1) is 12.8. The first-order chi connectivity index (χ1) is 9.63. The second-order valence-corrected chi connectivity index (χ2v) is 5.43. The van der Waals surface area contributed by atoms with Crippen molar-refractivity contribution in [3.05, 3.63) is 34.3 Å². The van der Waals surface area contributed by atoms with Crippen LogP contribution in [0.5, 0.6) is 0 Å². The zero-order valence-corrected chi connectivity index (χ0v) is 11.3. The highest BCUT2D eigenvalue weighted by Crippen LogP contribution is 2.21. The van der Waals surface area contributed by atoms with Crippen LogP contribution in [0.25, 0.3) is 0 Å². The fourth-order valence-corrected chi connectivity index (χ4v) is 2.73. The highest BCUT2D eigenvalue weighted by molar-refractivity contribution is 7.07. The number of carbonyl (C=O) groups excluding carboxylic acids is 1. The summed E-state index contributed by atoms with van der Waals surface area (Å²) in [5.74, 6) is -1.01. The molecule has 3 heterocycles. The van der Waals surface area contributed by atoms with Crippen molar-refractivity contribution in [3.8, 4) is 0 Å². The number of amides is 1. The Kier molecular flexibility index (Phi) is 3.23. The van der Waals surface area contributed by atoms with E-state index in [-0.39, 0.29) is 17.6 Å². The fourth-order valence-electron chi connectivity index (χ4n) is 2.06. The molecular weight excluding hydrogens is 280 g/mol. The van der Waals surface area contributed by atoms with Gasteiger partial charge in [-0.3, -0.25) is 4.79 Å². The summed E-state index contributed by atoms with van der Waals surface area (Å²) in [6.07, 6.45) is 1.81. The molecule has 2 aromatic heterocycles. The minimum Gasteiger partial charge on any atom is -0.476 e. The lowest BCUT2D eigenvalue weighted by Gasteiger charge is -2.38. The Hall–Kier alpha value is -2.22. The minimum absolute atomic E-state index is 0.0158. The van der Waals surface area contributed by atoms with Gasteiger partial charge >= 0.3 is 5.97 Å². The van der Waals surface area contributed by atoms with E-state index in [1.165, 1.54) is 10.9 Å². The summed E-state index contributed by atoms with van der Waals surface area (Å²) in [6, 6.07) is 1.96. The summed E-state index contributed by atoms with van der Waals surface area (Å²) >= 11 is 1.57. The van der Waals surface area contributed by atoms with Crippen molar-refractivity contribution in [2.45, 2.75) is 12.5 Å². The van der Waals surface area contributed by atoms with Crippen LogP contribution in [-0.2, 0) is 11.2 Å². The number of aromatic carboxylic acids is 1. The van der Waals surface area contributed by atoms with Crippen LogP contribution >= 0.6 is 11.3 Å². The third kappa shape index (κ3) is 2.42. The number of thiophene rings is 1. The van der Waals surface area contributed by atoms with Crippen LogP contribution in [0.4, 0.5) is 0 Å². The van der Waals surface area contributed by atoms with Gasteiger partial charge in [-0.15, -0.1) is 5.10 Å². The molecule has 3 rings (SSSR count). The van der Waals surface area contributed by atoms with E-state index in [4.69, 9.17) is 5.11 Å². The fraction of sp³-hybridized carbons (Fsp3) is 0.333. The predicted molar refractivity (Wildman–Crippen MR) is 70.6 cm³/mol. The molecular formula is C12H12N4O3S. The summed E-state index contributed by atoms with van der Waals surface area (Å²) in [6.45, 7) is 1.09. The third-order valence-corrected chi connectivity index (χ3v) is 3.99. The molecule has 0 spiro atoms. The second kappa shape index (κ2) is 5.04. The Bertz CT molecular complexity index is 631. The molecule has 1 amide bonds. The highest BCUT2D eigenvalue weighted by Gasteiger charge is 2.32. The zero-order chi connectivity index (χ0) is 14.1. The number of hydrogen-bond acceptors (Lipinski definition) is 5. The lowest BCUT2D eigenvalue weighted by molar-refractivity contribution is -0.136. The molecule has 0 unspecified atom stereocenters. The highest BCUT2D eigenvalue weighted by atomic mass is 32.1. The number of hydrogen-bond donors (Lipinski definition) is 1. The molecule has 1 aliphatic rings. The summed E-state index contributed by atoms with van der Waals surface area (Å²) in [5.41, 5.74) is 0.949. The average Bonchev–Trinajstić information content (AvgIpc) is 2.97. The van der Waals surface area contributed by atoms with E-state index in [2.05, 4.69) is 10.3 Å². The minimum atomic E-state index is -1.10. The number of rotatable bonds is 4. The Morgan fingerprint density at radius 1 is 1.45 bits per heavy atom. The normalized spacial score (nSPS) is 15.1. The van der Waals surface area contributed by atoms with E-state index in [1.54, 1.807) is 16.2 Å². The number of carboxylic acids is 1. The summed E-state index contributed by atoms with van der Waals surface area (Å²) in [4.78, 5) is 24.4. The Balaban J connectivity index is 1.55.